The second-order valence-corrected chi connectivity index (χ2v) is 6.46. The molecule has 2 rings (SSSR count). The van der Waals surface area contributed by atoms with Crippen molar-refractivity contribution in [1.82, 2.24) is 5.32 Å². The van der Waals surface area contributed by atoms with Gasteiger partial charge in [0.2, 0.25) is 5.91 Å². The highest BCUT2D eigenvalue weighted by molar-refractivity contribution is 9.10. The van der Waals surface area contributed by atoms with Gasteiger partial charge in [0.15, 0.2) is 6.61 Å². The van der Waals surface area contributed by atoms with Gasteiger partial charge in [-0.15, -0.1) is 0 Å². The average Bonchev–Trinajstić information content (AvgIpc) is 3.13. The van der Waals surface area contributed by atoms with Crippen molar-refractivity contribution in [2.75, 3.05) is 11.9 Å². The van der Waals surface area contributed by atoms with E-state index < -0.39 is 18.5 Å². The Hall–Kier alpha value is -2.32. The highest BCUT2D eigenvalue weighted by Crippen LogP contribution is 2.25. The Kier molecular flexibility index (Phi) is 7.68. The van der Waals surface area contributed by atoms with Crippen LogP contribution in [0.4, 0.5) is 5.69 Å². The summed E-state index contributed by atoms with van der Waals surface area (Å²) in [6, 6.07) is 8.34. The maximum atomic E-state index is 11.8. The monoisotopic (exact) mass is 442 g/mol. The minimum atomic E-state index is -0.637. The highest BCUT2D eigenvalue weighted by atomic mass is 79.9. The fourth-order valence-electron chi connectivity index (χ4n) is 1.89. The van der Waals surface area contributed by atoms with Crippen LogP contribution in [0.3, 0.4) is 0 Å². The Balaban J connectivity index is 1.63. The number of ether oxygens (including phenoxy) is 1. The number of anilines is 1. The number of nitrogens with one attached hydrogen (secondary N) is 2. The molecule has 0 aliphatic rings. The van der Waals surface area contributed by atoms with Crippen molar-refractivity contribution in [3.63, 3.8) is 0 Å². The summed E-state index contributed by atoms with van der Waals surface area (Å²) in [5, 5.41) is 5.61. The van der Waals surface area contributed by atoms with E-state index in [-0.39, 0.29) is 25.3 Å². The van der Waals surface area contributed by atoms with E-state index in [0.717, 1.165) is 0 Å². The van der Waals surface area contributed by atoms with Crippen molar-refractivity contribution < 1.29 is 23.5 Å². The van der Waals surface area contributed by atoms with Gasteiger partial charge in [-0.2, -0.15) is 0 Å². The first-order chi connectivity index (χ1) is 12.4. The van der Waals surface area contributed by atoms with E-state index in [0.29, 0.717) is 20.9 Å². The number of amides is 2. The molecule has 0 spiro atoms. The lowest BCUT2D eigenvalue weighted by molar-refractivity contribution is -0.148. The number of carbonyl (C=O) groups excluding carboxylic acids is 3. The first kappa shape index (κ1) is 20.0. The standard InChI is InChI=1S/C17H16BrClN2O5/c18-13-4-3-11(8-14(13)19)21-16(23)10-26-17(24)6-5-15(22)20-9-12-2-1-7-25-12/h1-4,7-8H,5-6,9-10H2,(H,20,22)(H,21,23). The van der Waals surface area contributed by atoms with Crippen LogP contribution >= 0.6 is 27.5 Å². The average molecular weight is 444 g/mol. The van der Waals surface area contributed by atoms with Crippen molar-refractivity contribution in [2.24, 2.45) is 0 Å². The van der Waals surface area contributed by atoms with Gasteiger partial charge < -0.3 is 19.8 Å². The Morgan fingerprint density at radius 1 is 1.15 bits per heavy atom. The molecule has 0 atom stereocenters. The first-order valence-corrected chi connectivity index (χ1v) is 8.81. The van der Waals surface area contributed by atoms with Crippen LogP contribution in [-0.2, 0) is 25.7 Å². The third-order valence-electron chi connectivity index (χ3n) is 3.16. The van der Waals surface area contributed by atoms with Gasteiger partial charge in [-0.1, -0.05) is 11.6 Å². The van der Waals surface area contributed by atoms with Crippen LogP contribution in [0.1, 0.15) is 18.6 Å². The molecule has 0 aliphatic carbocycles. The molecule has 26 heavy (non-hydrogen) atoms. The van der Waals surface area contributed by atoms with Gasteiger partial charge in [0.05, 0.1) is 24.3 Å². The van der Waals surface area contributed by atoms with Crippen LogP contribution in [0.25, 0.3) is 0 Å². The second kappa shape index (κ2) is 9.98. The molecule has 1 heterocycles. The molecule has 7 nitrogen and oxygen atoms in total. The van der Waals surface area contributed by atoms with Gasteiger partial charge in [-0.25, -0.2) is 0 Å². The normalized spacial score (nSPS) is 10.2. The fourth-order valence-corrected chi connectivity index (χ4v) is 2.32. The summed E-state index contributed by atoms with van der Waals surface area (Å²) in [6.07, 6.45) is 1.34. The zero-order valence-electron chi connectivity index (χ0n) is 13.6. The van der Waals surface area contributed by atoms with Crippen LogP contribution < -0.4 is 10.6 Å². The van der Waals surface area contributed by atoms with Gasteiger partial charge >= 0.3 is 5.97 Å². The number of carbonyl (C=O) groups is 3. The molecular weight excluding hydrogens is 428 g/mol. The molecule has 1 aromatic carbocycles. The zero-order chi connectivity index (χ0) is 18.9. The van der Waals surface area contributed by atoms with Crippen LogP contribution in [0.2, 0.25) is 5.02 Å². The molecule has 0 bridgehead atoms. The molecule has 0 unspecified atom stereocenters. The number of rotatable bonds is 8. The summed E-state index contributed by atoms with van der Waals surface area (Å²) < 4.78 is 10.6. The predicted molar refractivity (Wildman–Crippen MR) is 98.5 cm³/mol. The molecular formula is C17H16BrClN2O5. The SMILES string of the molecule is O=C(CCC(=O)OCC(=O)Nc1ccc(Br)c(Cl)c1)NCc1ccco1. The summed E-state index contributed by atoms with van der Waals surface area (Å²) in [4.78, 5) is 35.0. The van der Waals surface area contributed by atoms with E-state index in [1.54, 1.807) is 30.3 Å². The lowest BCUT2D eigenvalue weighted by Crippen LogP contribution is -2.24. The summed E-state index contributed by atoms with van der Waals surface area (Å²) in [5.41, 5.74) is 0.483. The highest BCUT2D eigenvalue weighted by Gasteiger charge is 2.11. The molecule has 0 saturated carbocycles. The lowest BCUT2D eigenvalue weighted by atomic mass is 10.3. The second-order valence-electron chi connectivity index (χ2n) is 5.19. The van der Waals surface area contributed by atoms with Gasteiger partial charge in [0, 0.05) is 16.6 Å². The molecule has 0 radical (unpaired) electrons. The smallest absolute Gasteiger partial charge is 0.306 e. The maximum absolute atomic E-state index is 11.8. The van der Waals surface area contributed by atoms with E-state index in [1.165, 1.54) is 6.26 Å². The van der Waals surface area contributed by atoms with Crippen LogP contribution in [0.5, 0.6) is 0 Å². The Bertz CT molecular complexity index is 779. The minimum absolute atomic E-state index is 0.0382. The summed E-state index contributed by atoms with van der Waals surface area (Å²) in [6.45, 7) is -0.195. The molecule has 138 valence electrons. The zero-order valence-corrected chi connectivity index (χ0v) is 15.9. The van der Waals surface area contributed by atoms with Crippen LogP contribution in [0, 0.1) is 0 Å². The third kappa shape index (κ3) is 6.89. The van der Waals surface area contributed by atoms with E-state index in [4.69, 9.17) is 20.8 Å². The molecule has 1 aromatic heterocycles. The topological polar surface area (TPSA) is 97.6 Å². The number of benzene rings is 1. The molecule has 2 N–H and O–H groups in total. The van der Waals surface area contributed by atoms with Gasteiger partial charge in [0.1, 0.15) is 5.76 Å². The molecule has 9 heteroatoms. The van der Waals surface area contributed by atoms with Crippen LogP contribution in [0.15, 0.2) is 45.5 Å². The van der Waals surface area contributed by atoms with Crippen molar-refractivity contribution in [1.29, 1.82) is 0 Å². The van der Waals surface area contributed by atoms with Gasteiger partial charge in [0.25, 0.3) is 5.91 Å². The quantitative estimate of drug-likeness (QED) is 0.610. The van der Waals surface area contributed by atoms with Gasteiger partial charge in [-0.3, -0.25) is 14.4 Å². The Morgan fingerprint density at radius 2 is 1.96 bits per heavy atom. The van der Waals surface area contributed by atoms with E-state index >= 15 is 0 Å². The summed E-state index contributed by atoms with van der Waals surface area (Å²) in [7, 11) is 0. The minimum Gasteiger partial charge on any atom is -0.467 e. The van der Waals surface area contributed by atoms with E-state index in [2.05, 4.69) is 26.6 Å². The summed E-state index contributed by atoms with van der Waals surface area (Å²) >= 11 is 9.17. The number of furan rings is 1. The summed E-state index contributed by atoms with van der Waals surface area (Å²) in [5.74, 6) is -0.834. The molecule has 0 saturated heterocycles. The van der Waals surface area contributed by atoms with E-state index in [9.17, 15) is 14.4 Å². The first-order valence-electron chi connectivity index (χ1n) is 7.63. The Labute approximate surface area is 163 Å². The third-order valence-corrected chi connectivity index (χ3v) is 4.40. The number of hydrogen-bond acceptors (Lipinski definition) is 5. The molecule has 2 aromatic rings. The lowest BCUT2D eigenvalue weighted by Gasteiger charge is -2.07. The van der Waals surface area contributed by atoms with Crippen molar-refractivity contribution in [3.05, 3.63) is 51.9 Å². The number of esters is 1. The Morgan fingerprint density at radius 3 is 2.65 bits per heavy atom. The van der Waals surface area contributed by atoms with Crippen molar-refractivity contribution in [3.8, 4) is 0 Å². The molecule has 0 aliphatic heterocycles. The molecule has 0 fully saturated rings. The van der Waals surface area contributed by atoms with Crippen molar-refractivity contribution >= 4 is 51.0 Å². The number of hydrogen-bond donors (Lipinski definition) is 2. The van der Waals surface area contributed by atoms with E-state index in [1.807, 2.05) is 0 Å². The largest absolute Gasteiger partial charge is 0.467 e. The van der Waals surface area contributed by atoms with Crippen molar-refractivity contribution in [2.45, 2.75) is 19.4 Å². The van der Waals surface area contributed by atoms with Crippen LogP contribution in [-0.4, -0.2) is 24.4 Å². The predicted octanol–water partition coefficient (Wildman–Crippen LogP) is 3.27. The number of halogens is 2. The fraction of sp³-hybridized carbons (Fsp3) is 0.235. The van der Waals surface area contributed by atoms with Gasteiger partial charge in [-0.05, 0) is 46.3 Å². The maximum Gasteiger partial charge on any atom is 0.306 e. The molecule has 2 amide bonds.